The average molecular weight is 386 g/mol. The Hall–Kier alpha value is -3.68. The molecule has 0 aliphatic heterocycles. The zero-order valence-corrected chi connectivity index (χ0v) is 15.7. The van der Waals surface area contributed by atoms with Crippen molar-refractivity contribution in [2.45, 2.75) is 0 Å². The highest BCUT2D eigenvalue weighted by Gasteiger charge is 2.29. The molecule has 2 aromatic rings. The molecule has 0 bridgehead atoms. The van der Waals surface area contributed by atoms with Crippen LogP contribution in [0.1, 0.15) is 41.4 Å². The van der Waals surface area contributed by atoms with Crippen molar-refractivity contribution in [1.82, 2.24) is 0 Å². The van der Waals surface area contributed by atoms with Gasteiger partial charge in [0.1, 0.15) is 0 Å². The number of esters is 4. The molecule has 0 atom stereocenters. The number of hydrogen-bond acceptors (Lipinski definition) is 8. The Bertz CT molecular complexity index is 945. The number of benzene rings is 2. The second-order valence-corrected chi connectivity index (χ2v) is 5.46. The van der Waals surface area contributed by atoms with E-state index in [1.807, 2.05) is 0 Å². The second kappa shape index (κ2) is 8.81. The Morgan fingerprint density at radius 1 is 0.643 bits per heavy atom. The van der Waals surface area contributed by atoms with Crippen molar-refractivity contribution in [1.29, 1.82) is 0 Å². The third-order valence-electron chi connectivity index (χ3n) is 3.98. The van der Waals surface area contributed by atoms with Crippen molar-refractivity contribution in [3.63, 3.8) is 0 Å². The lowest BCUT2D eigenvalue weighted by Gasteiger charge is -2.15. The van der Waals surface area contributed by atoms with Crippen LogP contribution in [0.25, 0.3) is 11.1 Å². The molecule has 0 fully saturated rings. The first-order chi connectivity index (χ1) is 13.4. The van der Waals surface area contributed by atoms with Gasteiger partial charge in [0, 0.05) is 0 Å². The van der Waals surface area contributed by atoms with Crippen molar-refractivity contribution in [3.05, 3.63) is 58.7 Å². The molecule has 0 saturated heterocycles. The first-order valence-electron chi connectivity index (χ1n) is 8.00. The van der Waals surface area contributed by atoms with Crippen LogP contribution < -0.4 is 0 Å². The zero-order valence-electron chi connectivity index (χ0n) is 15.7. The molecule has 0 saturated carbocycles. The maximum absolute atomic E-state index is 12.5. The minimum atomic E-state index is -0.910. The summed E-state index contributed by atoms with van der Waals surface area (Å²) in [6.07, 6.45) is 0. The van der Waals surface area contributed by atoms with E-state index in [1.165, 1.54) is 31.4 Å². The molecule has 28 heavy (non-hydrogen) atoms. The summed E-state index contributed by atoms with van der Waals surface area (Å²) in [4.78, 5) is 48.8. The lowest BCUT2D eigenvalue weighted by atomic mass is 9.91. The molecule has 2 aromatic carbocycles. The van der Waals surface area contributed by atoms with Gasteiger partial charge in [0.2, 0.25) is 0 Å². The summed E-state index contributed by atoms with van der Waals surface area (Å²) in [5.74, 6) is -3.15. The van der Waals surface area contributed by atoms with Gasteiger partial charge in [-0.2, -0.15) is 0 Å². The minimum absolute atomic E-state index is 0.150. The monoisotopic (exact) mass is 386 g/mol. The van der Waals surface area contributed by atoms with E-state index >= 15 is 0 Å². The van der Waals surface area contributed by atoms with Gasteiger partial charge in [-0.25, -0.2) is 19.2 Å². The summed E-state index contributed by atoms with van der Waals surface area (Å²) in [7, 11) is 4.65. The first-order valence-corrected chi connectivity index (χ1v) is 8.00. The number of carbonyl (C=O) groups is 4. The van der Waals surface area contributed by atoms with Gasteiger partial charge in [-0.05, 0) is 29.3 Å². The smallest absolute Gasteiger partial charge is 0.339 e. The molecule has 8 heteroatoms. The maximum atomic E-state index is 12.5. The van der Waals surface area contributed by atoms with Crippen LogP contribution >= 0.6 is 0 Å². The van der Waals surface area contributed by atoms with Crippen LogP contribution in [0.15, 0.2) is 36.4 Å². The molecular weight excluding hydrogens is 368 g/mol. The second-order valence-electron chi connectivity index (χ2n) is 5.46. The highest BCUT2D eigenvalue weighted by atomic mass is 16.5. The molecule has 0 aliphatic rings. The third-order valence-corrected chi connectivity index (χ3v) is 3.98. The van der Waals surface area contributed by atoms with Gasteiger partial charge in [-0.1, -0.05) is 18.2 Å². The fourth-order valence-corrected chi connectivity index (χ4v) is 2.68. The predicted molar refractivity (Wildman–Crippen MR) is 97.2 cm³/mol. The Morgan fingerprint density at radius 3 is 1.79 bits per heavy atom. The van der Waals surface area contributed by atoms with E-state index in [1.54, 1.807) is 12.1 Å². The van der Waals surface area contributed by atoms with Crippen molar-refractivity contribution >= 4 is 23.9 Å². The highest BCUT2D eigenvalue weighted by molar-refractivity contribution is 6.13. The molecule has 0 unspecified atom stereocenters. The van der Waals surface area contributed by atoms with E-state index in [-0.39, 0.29) is 27.8 Å². The number of carbonyl (C=O) groups excluding carboxylic acids is 4. The standard InChI is InChI=1S/C20H18O8/c1-25-17(21)12-7-5-6-11(10-12)13-8-9-14(18(22)26-2)16(20(24)28-4)15(13)19(23)27-3/h5-10H,1-4H3. The fraction of sp³-hybridized carbons (Fsp3) is 0.200. The van der Waals surface area contributed by atoms with Crippen LogP contribution in [0.5, 0.6) is 0 Å². The van der Waals surface area contributed by atoms with Gasteiger partial charge in [0.15, 0.2) is 0 Å². The van der Waals surface area contributed by atoms with E-state index in [0.29, 0.717) is 5.56 Å². The average Bonchev–Trinajstić information content (AvgIpc) is 2.75. The summed E-state index contributed by atoms with van der Waals surface area (Å²) in [5.41, 5.74) is 0.326. The predicted octanol–water partition coefficient (Wildman–Crippen LogP) is 2.50. The minimum Gasteiger partial charge on any atom is -0.465 e. The summed E-state index contributed by atoms with van der Waals surface area (Å²) in [5, 5.41) is 0. The van der Waals surface area contributed by atoms with Crippen LogP contribution in [0.4, 0.5) is 0 Å². The van der Waals surface area contributed by atoms with Gasteiger partial charge < -0.3 is 18.9 Å². The molecule has 2 rings (SSSR count). The van der Waals surface area contributed by atoms with Crippen LogP contribution in [0.2, 0.25) is 0 Å². The van der Waals surface area contributed by atoms with E-state index in [2.05, 4.69) is 0 Å². The lowest BCUT2D eigenvalue weighted by molar-refractivity contribution is 0.0536. The van der Waals surface area contributed by atoms with Gasteiger partial charge in [-0.15, -0.1) is 0 Å². The number of rotatable bonds is 5. The summed E-state index contributed by atoms with van der Waals surface area (Å²) < 4.78 is 19.0. The number of hydrogen-bond donors (Lipinski definition) is 0. The third kappa shape index (κ3) is 3.85. The molecule has 0 amide bonds. The first kappa shape index (κ1) is 20.6. The van der Waals surface area contributed by atoms with Gasteiger partial charge in [-0.3, -0.25) is 0 Å². The van der Waals surface area contributed by atoms with Gasteiger partial charge in [0.25, 0.3) is 0 Å². The van der Waals surface area contributed by atoms with Gasteiger partial charge in [0.05, 0.1) is 50.7 Å². The highest BCUT2D eigenvalue weighted by Crippen LogP contribution is 2.31. The summed E-state index contributed by atoms with van der Waals surface area (Å²) in [6, 6.07) is 9.05. The van der Waals surface area contributed by atoms with Gasteiger partial charge >= 0.3 is 23.9 Å². The molecule has 0 heterocycles. The Morgan fingerprint density at radius 2 is 1.21 bits per heavy atom. The topological polar surface area (TPSA) is 105 Å². The van der Waals surface area contributed by atoms with E-state index in [0.717, 1.165) is 21.3 Å². The van der Waals surface area contributed by atoms with Crippen LogP contribution in [-0.4, -0.2) is 52.3 Å². The van der Waals surface area contributed by atoms with Crippen molar-refractivity contribution in [2.24, 2.45) is 0 Å². The molecule has 0 radical (unpaired) electrons. The van der Waals surface area contributed by atoms with Crippen LogP contribution in [0.3, 0.4) is 0 Å². The molecule has 0 spiro atoms. The van der Waals surface area contributed by atoms with Crippen LogP contribution in [0, 0.1) is 0 Å². The molecule has 8 nitrogen and oxygen atoms in total. The fourth-order valence-electron chi connectivity index (χ4n) is 2.68. The molecule has 0 aliphatic carbocycles. The van der Waals surface area contributed by atoms with E-state index < -0.39 is 23.9 Å². The molecule has 0 N–H and O–H groups in total. The Balaban J connectivity index is 2.85. The Kier molecular flexibility index (Phi) is 6.49. The normalized spacial score (nSPS) is 10.0. The Labute approximate surface area is 161 Å². The molecular formula is C20H18O8. The largest absolute Gasteiger partial charge is 0.465 e. The quantitative estimate of drug-likeness (QED) is 0.570. The number of ether oxygens (including phenoxy) is 4. The van der Waals surface area contributed by atoms with Crippen molar-refractivity contribution in [3.8, 4) is 11.1 Å². The number of methoxy groups -OCH3 is 4. The molecule has 146 valence electrons. The van der Waals surface area contributed by atoms with E-state index in [4.69, 9.17) is 18.9 Å². The summed E-state index contributed by atoms with van der Waals surface area (Å²) in [6.45, 7) is 0. The van der Waals surface area contributed by atoms with Crippen LogP contribution in [-0.2, 0) is 18.9 Å². The van der Waals surface area contributed by atoms with Crippen molar-refractivity contribution in [2.75, 3.05) is 28.4 Å². The summed E-state index contributed by atoms with van der Waals surface area (Å²) >= 11 is 0. The van der Waals surface area contributed by atoms with E-state index in [9.17, 15) is 19.2 Å². The molecule has 0 aromatic heterocycles. The maximum Gasteiger partial charge on any atom is 0.339 e. The zero-order chi connectivity index (χ0) is 20.8. The van der Waals surface area contributed by atoms with Crippen molar-refractivity contribution < 1.29 is 38.1 Å². The SMILES string of the molecule is COC(=O)c1cccc(-c2ccc(C(=O)OC)c(C(=O)OC)c2C(=O)OC)c1. The lowest BCUT2D eigenvalue weighted by Crippen LogP contribution is -2.19.